The SMILES string of the molecule is CCOC(=O)c1c(OC)ccc(C#CC2(O)CN3CCC2CC3)c1C(C)C. The molecule has 0 amide bonds. The number of benzene rings is 1. The first-order valence-corrected chi connectivity index (χ1v) is 9.75. The third kappa shape index (κ3) is 3.83. The van der Waals surface area contributed by atoms with Crippen molar-refractivity contribution in [2.24, 2.45) is 5.92 Å². The average Bonchev–Trinajstić information content (AvgIpc) is 2.66. The van der Waals surface area contributed by atoms with E-state index in [1.807, 2.05) is 19.9 Å². The van der Waals surface area contributed by atoms with Gasteiger partial charge in [-0.3, -0.25) is 4.90 Å². The third-order valence-corrected chi connectivity index (χ3v) is 5.63. The molecular weight excluding hydrogens is 342 g/mol. The fourth-order valence-electron chi connectivity index (χ4n) is 4.25. The molecule has 3 aliphatic heterocycles. The molecule has 1 aromatic rings. The Bertz CT molecular complexity index is 768. The highest BCUT2D eigenvalue weighted by molar-refractivity contribution is 5.95. The fraction of sp³-hybridized carbons (Fsp3) is 0.591. The number of hydrogen-bond donors (Lipinski definition) is 1. The van der Waals surface area contributed by atoms with E-state index in [0.29, 0.717) is 24.5 Å². The van der Waals surface area contributed by atoms with Gasteiger partial charge in [-0.05, 0) is 56.5 Å². The summed E-state index contributed by atoms with van der Waals surface area (Å²) < 4.78 is 10.7. The molecule has 146 valence electrons. The molecule has 5 heteroatoms. The normalized spacial score (nSPS) is 26.4. The minimum absolute atomic E-state index is 0.0602. The van der Waals surface area contributed by atoms with E-state index in [9.17, 15) is 9.90 Å². The van der Waals surface area contributed by atoms with Crippen LogP contribution in [0.3, 0.4) is 0 Å². The predicted molar refractivity (Wildman–Crippen MR) is 104 cm³/mol. The summed E-state index contributed by atoms with van der Waals surface area (Å²) in [5, 5.41) is 11.1. The zero-order valence-electron chi connectivity index (χ0n) is 16.7. The van der Waals surface area contributed by atoms with Crippen LogP contribution in [-0.4, -0.2) is 54.9 Å². The molecule has 0 aliphatic carbocycles. The van der Waals surface area contributed by atoms with E-state index in [0.717, 1.165) is 37.1 Å². The van der Waals surface area contributed by atoms with Gasteiger partial charge in [-0.15, -0.1) is 0 Å². The van der Waals surface area contributed by atoms with Gasteiger partial charge in [0.05, 0.1) is 13.7 Å². The second kappa shape index (κ2) is 7.92. The molecule has 0 aromatic heterocycles. The molecule has 4 rings (SSSR count). The summed E-state index contributed by atoms with van der Waals surface area (Å²) >= 11 is 0. The molecule has 1 unspecified atom stereocenters. The molecule has 2 bridgehead atoms. The standard InChI is InChI=1S/C22H29NO4/c1-5-27-21(24)20-18(26-4)7-6-16(19(20)15(2)3)8-11-22(25)14-23-12-9-17(22)10-13-23/h6-7,15,17,25H,5,9-10,12-14H2,1-4H3. The number of piperidine rings is 3. The second-order valence-corrected chi connectivity index (χ2v) is 7.70. The largest absolute Gasteiger partial charge is 0.496 e. The van der Waals surface area contributed by atoms with Crippen LogP contribution < -0.4 is 4.74 Å². The van der Waals surface area contributed by atoms with Gasteiger partial charge in [0.15, 0.2) is 0 Å². The van der Waals surface area contributed by atoms with Crippen molar-refractivity contribution in [2.75, 3.05) is 33.4 Å². The van der Waals surface area contributed by atoms with Crippen molar-refractivity contribution in [3.05, 3.63) is 28.8 Å². The lowest BCUT2D eigenvalue weighted by Gasteiger charge is -2.47. The average molecular weight is 371 g/mol. The van der Waals surface area contributed by atoms with Gasteiger partial charge >= 0.3 is 5.97 Å². The maximum Gasteiger partial charge on any atom is 0.342 e. The van der Waals surface area contributed by atoms with Gasteiger partial charge < -0.3 is 14.6 Å². The van der Waals surface area contributed by atoms with Crippen LogP contribution in [0.15, 0.2) is 12.1 Å². The van der Waals surface area contributed by atoms with Crippen LogP contribution in [0.2, 0.25) is 0 Å². The lowest BCUT2D eigenvalue weighted by atomic mass is 9.75. The molecule has 0 radical (unpaired) electrons. The zero-order chi connectivity index (χ0) is 19.6. The van der Waals surface area contributed by atoms with Crippen LogP contribution in [-0.2, 0) is 4.74 Å². The molecule has 27 heavy (non-hydrogen) atoms. The summed E-state index contributed by atoms with van der Waals surface area (Å²) in [4.78, 5) is 14.8. The Labute approximate surface area is 161 Å². The molecule has 0 spiro atoms. The Morgan fingerprint density at radius 2 is 2.07 bits per heavy atom. The van der Waals surface area contributed by atoms with Crippen LogP contribution in [0.1, 0.15) is 61.0 Å². The molecule has 5 nitrogen and oxygen atoms in total. The van der Waals surface area contributed by atoms with Gasteiger partial charge in [-0.1, -0.05) is 25.7 Å². The van der Waals surface area contributed by atoms with Crippen molar-refractivity contribution in [3.8, 4) is 17.6 Å². The summed E-state index contributed by atoms with van der Waals surface area (Å²) in [6.45, 7) is 8.81. The first-order valence-electron chi connectivity index (χ1n) is 9.75. The molecular formula is C22H29NO4. The van der Waals surface area contributed by atoms with Crippen molar-refractivity contribution in [1.29, 1.82) is 0 Å². The Balaban J connectivity index is 2.04. The van der Waals surface area contributed by atoms with E-state index >= 15 is 0 Å². The maximum absolute atomic E-state index is 12.6. The lowest BCUT2D eigenvalue weighted by molar-refractivity contribution is -0.0713. The first kappa shape index (κ1) is 19.7. The van der Waals surface area contributed by atoms with Gasteiger partial charge in [-0.25, -0.2) is 4.79 Å². The molecule has 3 heterocycles. The highest BCUT2D eigenvalue weighted by Gasteiger charge is 2.44. The summed E-state index contributed by atoms with van der Waals surface area (Å²) in [5.41, 5.74) is 1.01. The molecule has 3 aliphatic rings. The van der Waals surface area contributed by atoms with Crippen molar-refractivity contribution < 1.29 is 19.4 Å². The number of esters is 1. The summed E-state index contributed by atoms with van der Waals surface area (Å²) in [6.07, 6.45) is 1.97. The van der Waals surface area contributed by atoms with E-state index in [2.05, 4.69) is 16.7 Å². The van der Waals surface area contributed by atoms with E-state index in [1.54, 1.807) is 20.1 Å². The zero-order valence-corrected chi connectivity index (χ0v) is 16.7. The second-order valence-electron chi connectivity index (χ2n) is 7.70. The lowest BCUT2D eigenvalue weighted by Crippen LogP contribution is -2.58. The van der Waals surface area contributed by atoms with Gasteiger partial charge in [-0.2, -0.15) is 0 Å². The number of fused-ring (bicyclic) bond motifs is 3. The van der Waals surface area contributed by atoms with Gasteiger partial charge in [0.2, 0.25) is 0 Å². The smallest absolute Gasteiger partial charge is 0.342 e. The van der Waals surface area contributed by atoms with Crippen molar-refractivity contribution in [3.63, 3.8) is 0 Å². The van der Waals surface area contributed by atoms with Gasteiger partial charge in [0.25, 0.3) is 0 Å². The Kier molecular flexibility index (Phi) is 5.78. The van der Waals surface area contributed by atoms with Gasteiger partial charge in [0.1, 0.15) is 16.9 Å². The maximum atomic E-state index is 12.6. The first-order chi connectivity index (χ1) is 12.9. The van der Waals surface area contributed by atoms with E-state index in [-0.39, 0.29) is 11.8 Å². The fourth-order valence-corrected chi connectivity index (χ4v) is 4.25. The number of hydrogen-bond acceptors (Lipinski definition) is 5. The molecule has 3 fully saturated rings. The molecule has 0 saturated carbocycles. The Morgan fingerprint density at radius 3 is 2.59 bits per heavy atom. The number of ether oxygens (including phenoxy) is 2. The predicted octanol–water partition coefficient (Wildman–Crippen LogP) is 2.80. The number of carbonyl (C=O) groups is 1. The number of nitrogens with zero attached hydrogens (tertiary/aromatic N) is 1. The Morgan fingerprint density at radius 1 is 1.37 bits per heavy atom. The van der Waals surface area contributed by atoms with Crippen LogP contribution in [0.25, 0.3) is 0 Å². The quantitative estimate of drug-likeness (QED) is 0.651. The van der Waals surface area contributed by atoms with Crippen molar-refractivity contribution in [2.45, 2.75) is 45.1 Å². The number of aliphatic hydroxyl groups is 1. The molecule has 3 saturated heterocycles. The van der Waals surface area contributed by atoms with Crippen molar-refractivity contribution in [1.82, 2.24) is 4.90 Å². The van der Waals surface area contributed by atoms with Crippen LogP contribution >= 0.6 is 0 Å². The molecule has 1 atom stereocenters. The van der Waals surface area contributed by atoms with E-state index < -0.39 is 11.6 Å². The number of methoxy groups -OCH3 is 1. The Hall–Kier alpha value is -2.03. The molecule has 1 aromatic carbocycles. The van der Waals surface area contributed by atoms with Crippen LogP contribution in [0.5, 0.6) is 5.75 Å². The summed E-state index contributed by atoms with van der Waals surface area (Å²) in [5.74, 6) is 6.71. The van der Waals surface area contributed by atoms with Crippen LogP contribution in [0, 0.1) is 17.8 Å². The number of carbonyl (C=O) groups excluding carboxylic acids is 1. The van der Waals surface area contributed by atoms with Crippen molar-refractivity contribution >= 4 is 5.97 Å². The minimum Gasteiger partial charge on any atom is -0.496 e. The summed E-state index contributed by atoms with van der Waals surface area (Å²) in [6, 6.07) is 3.62. The van der Waals surface area contributed by atoms with E-state index in [1.165, 1.54) is 0 Å². The molecule has 1 N–H and O–H groups in total. The van der Waals surface area contributed by atoms with Gasteiger partial charge in [0, 0.05) is 18.0 Å². The minimum atomic E-state index is -0.977. The van der Waals surface area contributed by atoms with E-state index in [4.69, 9.17) is 9.47 Å². The monoisotopic (exact) mass is 371 g/mol. The van der Waals surface area contributed by atoms with Crippen LogP contribution in [0.4, 0.5) is 0 Å². The number of rotatable bonds is 4. The highest BCUT2D eigenvalue weighted by Crippen LogP contribution is 2.36. The third-order valence-electron chi connectivity index (χ3n) is 5.63. The highest BCUT2D eigenvalue weighted by atomic mass is 16.5. The summed E-state index contributed by atoms with van der Waals surface area (Å²) in [7, 11) is 1.55. The topological polar surface area (TPSA) is 59.0 Å².